The van der Waals surface area contributed by atoms with Crippen LogP contribution in [-0.2, 0) is 4.79 Å². The molecule has 1 unspecified atom stereocenters. The standard InChI is InChI=1S/C9H20N2OS/c1-8(7-9(10)12)11-5-3-4-6-13-2/h8,11H,3-7H2,1-2H3,(H2,10,12). The van der Waals surface area contributed by atoms with Gasteiger partial charge >= 0.3 is 0 Å². The first-order chi connectivity index (χ1) is 6.16. The topological polar surface area (TPSA) is 55.1 Å². The molecule has 0 radical (unpaired) electrons. The molecule has 0 bridgehead atoms. The highest BCUT2D eigenvalue weighted by molar-refractivity contribution is 7.98. The van der Waals surface area contributed by atoms with Crippen molar-refractivity contribution < 1.29 is 4.79 Å². The van der Waals surface area contributed by atoms with E-state index < -0.39 is 0 Å². The van der Waals surface area contributed by atoms with Gasteiger partial charge in [-0.1, -0.05) is 0 Å². The molecule has 4 heteroatoms. The molecule has 0 aliphatic carbocycles. The van der Waals surface area contributed by atoms with Gasteiger partial charge in [-0.2, -0.15) is 11.8 Å². The van der Waals surface area contributed by atoms with Gasteiger partial charge in [-0.3, -0.25) is 4.79 Å². The molecule has 0 saturated carbocycles. The zero-order valence-electron chi connectivity index (χ0n) is 8.51. The van der Waals surface area contributed by atoms with Gasteiger partial charge in [-0.05, 0) is 38.3 Å². The number of thioether (sulfide) groups is 1. The van der Waals surface area contributed by atoms with Gasteiger partial charge < -0.3 is 11.1 Å². The van der Waals surface area contributed by atoms with Gasteiger partial charge in [0.2, 0.25) is 5.91 Å². The Morgan fingerprint density at radius 2 is 2.23 bits per heavy atom. The lowest BCUT2D eigenvalue weighted by atomic mass is 10.2. The molecule has 0 rings (SSSR count). The first kappa shape index (κ1) is 12.8. The van der Waals surface area contributed by atoms with Gasteiger partial charge in [-0.15, -0.1) is 0 Å². The molecule has 1 amide bonds. The molecule has 0 aromatic heterocycles. The zero-order valence-corrected chi connectivity index (χ0v) is 9.32. The fraction of sp³-hybridized carbons (Fsp3) is 0.889. The number of unbranched alkanes of at least 4 members (excludes halogenated alkanes) is 1. The number of primary amides is 1. The number of carbonyl (C=O) groups excluding carboxylic acids is 1. The number of carbonyl (C=O) groups is 1. The molecule has 0 fully saturated rings. The molecule has 0 aliphatic heterocycles. The van der Waals surface area contributed by atoms with Crippen molar-refractivity contribution in [3.8, 4) is 0 Å². The molecule has 3 nitrogen and oxygen atoms in total. The van der Waals surface area contributed by atoms with Crippen LogP contribution in [0.5, 0.6) is 0 Å². The van der Waals surface area contributed by atoms with E-state index in [4.69, 9.17) is 5.73 Å². The number of nitrogens with two attached hydrogens (primary N) is 1. The van der Waals surface area contributed by atoms with E-state index in [1.165, 1.54) is 18.6 Å². The highest BCUT2D eigenvalue weighted by Crippen LogP contribution is 1.98. The Balaban J connectivity index is 3.17. The Hall–Kier alpha value is -0.220. The molecule has 0 aliphatic rings. The molecular formula is C9H20N2OS. The average Bonchev–Trinajstić information content (AvgIpc) is 2.02. The maximum atomic E-state index is 10.5. The first-order valence-corrected chi connectivity index (χ1v) is 6.06. The van der Waals surface area contributed by atoms with Crippen molar-refractivity contribution in [2.45, 2.75) is 32.2 Å². The van der Waals surface area contributed by atoms with E-state index in [0.717, 1.165) is 6.54 Å². The molecule has 0 heterocycles. The minimum atomic E-state index is -0.232. The molecule has 1 atom stereocenters. The van der Waals surface area contributed by atoms with Crippen LogP contribution in [0.3, 0.4) is 0 Å². The molecule has 13 heavy (non-hydrogen) atoms. The van der Waals surface area contributed by atoms with Crippen molar-refractivity contribution in [2.24, 2.45) is 5.73 Å². The number of hydrogen-bond acceptors (Lipinski definition) is 3. The van der Waals surface area contributed by atoms with Crippen LogP contribution in [0.25, 0.3) is 0 Å². The molecule has 0 aromatic carbocycles. The number of rotatable bonds is 8. The van der Waals surface area contributed by atoms with Gasteiger partial charge in [0, 0.05) is 12.5 Å². The highest BCUT2D eigenvalue weighted by Gasteiger charge is 2.03. The second kappa shape index (κ2) is 8.38. The third-order valence-electron chi connectivity index (χ3n) is 1.78. The van der Waals surface area contributed by atoms with E-state index in [0.29, 0.717) is 6.42 Å². The van der Waals surface area contributed by atoms with Crippen LogP contribution < -0.4 is 11.1 Å². The normalized spacial score (nSPS) is 12.8. The van der Waals surface area contributed by atoms with E-state index in [-0.39, 0.29) is 11.9 Å². The van der Waals surface area contributed by atoms with Gasteiger partial charge in [-0.25, -0.2) is 0 Å². The van der Waals surface area contributed by atoms with Crippen molar-refractivity contribution in [2.75, 3.05) is 18.6 Å². The van der Waals surface area contributed by atoms with Crippen LogP contribution in [-0.4, -0.2) is 30.5 Å². The van der Waals surface area contributed by atoms with Crippen LogP contribution in [0.2, 0.25) is 0 Å². The van der Waals surface area contributed by atoms with E-state index in [1.54, 1.807) is 0 Å². The smallest absolute Gasteiger partial charge is 0.218 e. The number of amides is 1. The number of hydrogen-bond donors (Lipinski definition) is 2. The molecule has 0 saturated heterocycles. The zero-order chi connectivity index (χ0) is 10.1. The second-order valence-corrected chi connectivity index (χ2v) is 4.21. The van der Waals surface area contributed by atoms with Crippen LogP contribution in [0.15, 0.2) is 0 Å². The van der Waals surface area contributed by atoms with Gasteiger partial charge in [0.1, 0.15) is 0 Å². The van der Waals surface area contributed by atoms with E-state index in [1.807, 2.05) is 18.7 Å². The summed E-state index contributed by atoms with van der Waals surface area (Å²) < 4.78 is 0. The highest BCUT2D eigenvalue weighted by atomic mass is 32.2. The quantitative estimate of drug-likeness (QED) is 0.580. The van der Waals surface area contributed by atoms with Crippen molar-refractivity contribution >= 4 is 17.7 Å². The Morgan fingerprint density at radius 3 is 2.77 bits per heavy atom. The Morgan fingerprint density at radius 1 is 1.54 bits per heavy atom. The summed E-state index contributed by atoms with van der Waals surface area (Å²) >= 11 is 1.87. The molecule has 0 aromatic rings. The second-order valence-electron chi connectivity index (χ2n) is 3.23. The Labute approximate surface area is 84.8 Å². The minimum Gasteiger partial charge on any atom is -0.370 e. The molecule has 3 N–H and O–H groups in total. The summed E-state index contributed by atoms with van der Waals surface area (Å²) in [4.78, 5) is 10.5. The third kappa shape index (κ3) is 9.70. The summed E-state index contributed by atoms with van der Waals surface area (Å²) in [5.41, 5.74) is 5.06. The molecule has 78 valence electrons. The SMILES string of the molecule is CSCCCCNC(C)CC(N)=O. The van der Waals surface area contributed by atoms with E-state index in [9.17, 15) is 4.79 Å². The maximum Gasteiger partial charge on any atom is 0.218 e. The summed E-state index contributed by atoms with van der Waals surface area (Å²) in [6.07, 6.45) is 4.95. The van der Waals surface area contributed by atoms with E-state index in [2.05, 4.69) is 11.6 Å². The van der Waals surface area contributed by atoms with Gasteiger partial charge in [0.05, 0.1) is 0 Å². The minimum absolute atomic E-state index is 0.215. The Kier molecular flexibility index (Phi) is 8.24. The summed E-state index contributed by atoms with van der Waals surface area (Å²) in [6, 6.07) is 0.215. The Bertz CT molecular complexity index is 142. The predicted octanol–water partition coefficient (Wildman–Crippen LogP) is 0.983. The van der Waals surface area contributed by atoms with Crippen molar-refractivity contribution in [3.63, 3.8) is 0 Å². The fourth-order valence-electron chi connectivity index (χ4n) is 1.09. The summed E-state index contributed by atoms with van der Waals surface area (Å²) in [5.74, 6) is 0.982. The van der Waals surface area contributed by atoms with Crippen molar-refractivity contribution in [3.05, 3.63) is 0 Å². The average molecular weight is 204 g/mol. The van der Waals surface area contributed by atoms with Crippen LogP contribution in [0, 0.1) is 0 Å². The van der Waals surface area contributed by atoms with Crippen molar-refractivity contribution in [1.29, 1.82) is 0 Å². The summed E-state index contributed by atoms with van der Waals surface area (Å²) in [6.45, 7) is 2.97. The lowest BCUT2D eigenvalue weighted by molar-refractivity contribution is -0.118. The van der Waals surface area contributed by atoms with Crippen LogP contribution in [0.1, 0.15) is 26.2 Å². The van der Waals surface area contributed by atoms with Gasteiger partial charge in [0.15, 0.2) is 0 Å². The predicted molar refractivity (Wildman–Crippen MR) is 58.9 cm³/mol. The first-order valence-electron chi connectivity index (χ1n) is 4.67. The van der Waals surface area contributed by atoms with Gasteiger partial charge in [0.25, 0.3) is 0 Å². The lowest BCUT2D eigenvalue weighted by Gasteiger charge is -2.10. The summed E-state index contributed by atoms with van der Waals surface area (Å²) in [7, 11) is 0. The van der Waals surface area contributed by atoms with Crippen LogP contribution >= 0.6 is 11.8 Å². The lowest BCUT2D eigenvalue weighted by Crippen LogP contribution is -2.31. The fourth-order valence-corrected chi connectivity index (χ4v) is 1.59. The maximum absolute atomic E-state index is 10.5. The van der Waals surface area contributed by atoms with Crippen molar-refractivity contribution in [1.82, 2.24) is 5.32 Å². The summed E-state index contributed by atoms with van der Waals surface area (Å²) in [5, 5.41) is 3.26. The molecule has 0 spiro atoms. The third-order valence-corrected chi connectivity index (χ3v) is 2.47. The number of nitrogens with one attached hydrogen (secondary N) is 1. The largest absolute Gasteiger partial charge is 0.370 e. The monoisotopic (exact) mass is 204 g/mol. The van der Waals surface area contributed by atoms with E-state index >= 15 is 0 Å². The van der Waals surface area contributed by atoms with Crippen LogP contribution in [0.4, 0.5) is 0 Å². The molecular weight excluding hydrogens is 184 g/mol.